The highest BCUT2D eigenvalue weighted by Crippen LogP contribution is 2.41. The predicted octanol–water partition coefficient (Wildman–Crippen LogP) is 3.77. The van der Waals surface area contributed by atoms with Crippen LogP contribution in [0.4, 0.5) is 0 Å². The fraction of sp³-hybridized carbons (Fsp3) is 0.926. The van der Waals surface area contributed by atoms with Gasteiger partial charge in [-0.2, -0.15) is 0 Å². The van der Waals surface area contributed by atoms with Crippen molar-refractivity contribution in [2.24, 2.45) is 48.7 Å². The van der Waals surface area contributed by atoms with Crippen LogP contribution < -0.4 is 37.2 Å². The van der Waals surface area contributed by atoms with Crippen molar-refractivity contribution in [2.45, 2.75) is 341 Å². The molecule has 2 rings (SSSR count). The van der Waals surface area contributed by atoms with Gasteiger partial charge in [-0.05, 0) is 127 Å². The molecule has 2 fully saturated rings. The molecule has 0 aromatic rings. The summed E-state index contributed by atoms with van der Waals surface area (Å²) in [5.74, 6) is -2.00. The van der Waals surface area contributed by atoms with Crippen LogP contribution in [-0.2, 0) is 71.4 Å². The van der Waals surface area contributed by atoms with E-state index in [0.29, 0.717) is 19.3 Å². The summed E-state index contributed by atoms with van der Waals surface area (Å²) in [5, 5.41) is 114. The lowest BCUT2D eigenvalue weighted by atomic mass is 9.75. The van der Waals surface area contributed by atoms with Gasteiger partial charge in [-0.1, -0.05) is 125 Å². The van der Waals surface area contributed by atoms with Crippen molar-refractivity contribution in [1.82, 2.24) is 37.2 Å². The summed E-state index contributed by atoms with van der Waals surface area (Å²) in [6.07, 6.45) is -11.4. The van der Waals surface area contributed by atoms with Crippen molar-refractivity contribution >= 4 is 35.4 Å². The summed E-state index contributed by atoms with van der Waals surface area (Å²) >= 11 is 0. The maximum Gasteiger partial charge on any atom is 0.225 e. The largest absolute Gasteiger partial charge is 0.394 e. The standard InChI is InChI=1S/C81H155N7O24/c1-49(93)54(31-90)110-63(53(30-89)86-50(2)94)104-43-72(11,12)34-69(5,6)40-83-66(101)75(17,18)37-78(23,24)107-46-81(82-29,47-108-79(25,26)38-76(19,20)67(102)84-41-70(7,8)35-73(13,14)44-105-64-57(87-51(3)95)61(99)59(97)55(32-91)111-64)48-109-80(27,28)39-77(21,22)68(103)85-42-71(9,10)36-74(15,16)45-106-65-58(88-52(4)96)62(100)60(98)56(33-92)112-65/h49,53-65,82,89-93,97-100H,30-48H2,1-29H3,(H,83,101)(H,84,102)(H,85,103)(H,86,94)(H,87,95)(H,88,96)/t49-,53+,54?,55?,56?,57?,58?,59?,60?,61?,62?,63?,64?,65?,81?/m1/s1. The van der Waals surface area contributed by atoms with Crippen LogP contribution in [0.3, 0.4) is 0 Å². The van der Waals surface area contributed by atoms with Crippen LogP contribution in [0.25, 0.3) is 0 Å². The molecule has 31 nitrogen and oxygen atoms in total. The number of aliphatic hydroxyl groups excluding tert-OH is 9. The van der Waals surface area contributed by atoms with E-state index < -0.39 is 201 Å². The van der Waals surface area contributed by atoms with E-state index in [9.17, 15) is 74.7 Å². The van der Waals surface area contributed by atoms with Gasteiger partial charge in [0.05, 0.1) is 94.5 Å². The van der Waals surface area contributed by atoms with Crippen LogP contribution in [0.5, 0.6) is 0 Å². The molecule has 14 atom stereocenters. The van der Waals surface area contributed by atoms with Gasteiger partial charge < -0.3 is 126 Å². The molecule has 6 amide bonds. The summed E-state index contributed by atoms with van der Waals surface area (Å²) < 4.78 is 56.9. The van der Waals surface area contributed by atoms with Crippen LogP contribution in [0.1, 0.15) is 232 Å². The molecule has 0 aliphatic carbocycles. The molecule has 112 heavy (non-hydrogen) atoms. The minimum Gasteiger partial charge on any atom is -0.394 e. The molecule has 0 radical (unpaired) electrons. The molecule has 31 heteroatoms. The quantitative estimate of drug-likeness (QED) is 0.0385. The Hall–Kier alpha value is -3.94. The van der Waals surface area contributed by atoms with Gasteiger partial charge in [0.2, 0.25) is 35.4 Å². The Labute approximate surface area is 669 Å². The maximum atomic E-state index is 14.4. The second kappa shape index (κ2) is 42.1. The molecular weight excluding hydrogens is 1450 g/mol. The van der Waals surface area contributed by atoms with Crippen molar-refractivity contribution in [3.05, 3.63) is 0 Å². The minimum atomic E-state index is -1.46. The minimum absolute atomic E-state index is 0.0103. The molecule has 2 aliphatic rings. The van der Waals surface area contributed by atoms with Crippen molar-refractivity contribution in [3.63, 3.8) is 0 Å². The summed E-state index contributed by atoms with van der Waals surface area (Å²) in [5.41, 5.74) is -9.93. The molecule has 12 unspecified atom stereocenters. The topological polar surface area (TPSA) is 452 Å². The fourth-order valence-corrected chi connectivity index (χ4v) is 16.2. The van der Waals surface area contributed by atoms with Crippen LogP contribution in [0.15, 0.2) is 0 Å². The zero-order valence-electron chi connectivity index (χ0n) is 73.7. The summed E-state index contributed by atoms with van der Waals surface area (Å²) in [6.45, 7) is 50.9. The van der Waals surface area contributed by atoms with E-state index >= 15 is 0 Å². The Morgan fingerprint density at radius 1 is 0.420 bits per heavy atom. The fourth-order valence-electron chi connectivity index (χ4n) is 16.2. The summed E-state index contributed by atoms with van der Waals surface area (Å²) in [7, 11) is 1.78. The number of likely N-dealkylation sites (N-methyl/N-ethyl adjacent to an activating group) is 1. The normalized spacial score (nSPS) is 23.4. The van der Waals surface area contributed by atoms with E-state index in [1.807, 2.05) is 166 Å². The number of hydrogen-bond donors (Lipinski definition) is 16. The second-order valence-corrected chi connectivity index (χ2v) is 40.7. The highest BCUT2D eigenvalue weighted by molar-refractivity contribution is 5.83. The first-order chi connectivity index (χ1) is 50.7. The summed E-state index contributed by atoms with van der Waals surface area (Å²) in [4.78, 5) is 79.5. The lowest BCUT2D eigenvalue weighted by Gasteiger charge is -2.44. The predicted molar refractivity (Wildman–Crippen MR) is 423 cm³/mol. The van der Waals surface area contributed by atoms with Gasteiger partial charge in [0.15, 0.2) is 18.9 Å². The number of amides is 6. The van der Waals surface area contributed by atoms with Gasteiger partial charge in [-0.25, -0.2) is 0 Å². The molecule has 0 spiro atoms. The monoisotopic (exact) mass is 1610 g/mol. The third-order valence-electron chi connectivity index (χ3n) is 20.6. The molecule has 0 aromatic heterocycles. The molecule has 2 aliphatic heterocycles. The van der Waals surface area contributed by atoms with Gasteiger partial charge in [0.1, 0.15) is 60.9 Å². The lowest BCUT2D eigenvalue weighted by molar-refractivity contribution is -0.276. The van der Waals surface area contributed by atoms with Crippen molar-refractivity contribution in [3.8, 4) is 0 Å². The number of aliphatic hydroxyl groups is 9. The third kappa shape index (κ3) is 35.3. The number of carbonyl (C=O) groups is 6. The van der Waals surface area contributed by atoms with Gasteiger partial charge in [-0.3, -0.25) is 28.8 Å². The average Bonchev–Trinajstić information content (AvgIpc) is 0.804. The second-order valence-electron chi connectivity index (χ2n) is 40.7. The van der Waals surface area contributed by atoms with Crippen LogP contribution in [-0.4, -0.2) is 282 Å². The van der Waals surface area contributed by atoms with Gasteiger partial charge >= 0.3 is 0 Å². The number of carbonyl (C=O) groups excluding carboxylic acids is 6. The first-order valence-corrected chi connectivity index (χ1v) is 39.6. The Bertz CT molecular complexity index is 2810. The number of rotatable bonds is 51. The van der Waals surface area contributed by atoms with E-state index in [4.69, 9.17) is 42.6 Å². The highest BCUT2D eigenvalue weighted by Gasteiger charge is 2.50. The highest BCUT2D eigenvalue weighted by atomic mass is 16.7. The number of hydrogen-bond acceptors (Lipinski definition) is 25. The number of nitrogens with one attached hydrogen (secondary N) is 7. The van der Waals surface area contributed by atoms with Crippen LogP contribution >= 0.6 is 0 Å². The van der Waals surface area contributed by atoms with Crippen LogP contribution in [0.2, 0.25) is 0 Å². The third-order valence-corrected chi connectivity index (χ3v) is 20.6. The van der Waals surface area contributed by atoms with E-state index in [1.165, 1.54) is 27.7 Å². The zero-order chi connectivity index (χ0) is 86.8. The van der Waals surface area contributed by atoms with E-state index in [0.717, 1.165) is 0 Å². The molecule has 0 aromatic carbocycles. The van der Waals surface area contributed by atoms with Gasteiger partial charge in [0.25, 0.3) is 0 Å². The Morgan fingerprint density at radius 3 is 0.991 bits per heavy atom. The smallest absolute Gasteiger partial charge is 0.225 e. The zero-order valence-corrected chi connectivity index (χ0v) is 73.7. The van der Waals surface area contributed by atoms with Crippen molar-refractivity contribution < 1.29 is 117 Å². The SMILES string of the molecule is CNC(COC(C)(C)CC(C)(C)C(=O)NCC(C)(C)CC(C)(C)COC1OC(CO)C(O)C(O)C1NC(C)=O)(COC(C)(C)CC(C)(C)C(=O)NCC(C)(C)CC(C)(C)COC1OC(CO)C(O)C(O)C1NC(C)=O)COC(C)(C)CC(C)(C)C(=O)NCC(C)(C)CC(C)(C)COC(OC(CO)[C@@H](C)O)[C@H](CO)NC(C)=O. The molecule has 2 saturated heterocycles. The Morgan fingerprint density at radius 2 is 0.732 bits per heavy atom. The molecule has 2 heterocycles. The first-order valence-electron chi connectivity index (χ1n) is 39.6. The molecule has 0 saturated carbocycles. The van der Waals surface area contributed by atoms with Crippen LogP contribution in [0, 0.1) is 48.7 Å². The molecule has 658 valence electrons. The first kappa shape index (κ1) is 104. The molecular formula is C81H155N7O24. The Kier molecular flexibility index (Phi) is 39.2. The van der Waals surface area contributed by atoms with Crippen molar-refractivity contribution in [2.75, 3.05) is 92.8 Å². The van der Waals surface area contributed by atoms with E-state index in [-0.39, 0.29) is 96.3 Å². The summed E-state index contributed by atoms with van der Waals surface area (Å²) in [6, 6.07) is -3.20. The van der Waals surface area contributed by atoms with E-state index in [1.54, 1.807) is 7.05 Å². The average molecular weight is 1610 g/mol. The molecule has 16 N–H and O–H groups in total. The van der Waals surface area contributed by atoms with Crippen molar-refractivity contribution in [1.29, 1.82) is 0 Å². The van der Waals surface area contributed by atoms with Gasteiger partial charge in [0, 0.05) is 56.7 Å². The lowest BCUT2D eigenvalue weighted by Crippen LogP contribution is -2.64. The molecule has 0 bridgehead atoms. The Balaban J connectivity index is 2.43. The van der Waals surface area contributed by atoms with E-state index in [2.05, 4.69) is 37.2 Å². The number of ether oxygens (including phenoxy) is 9. The maximum absolute atomic E-state index is 14.4. The van der Waals surface area contributed by atoms with Gasteiger partial charge in [-0.15, -0.1) is 0 Å².